The molecule has 0 aliphatic carbocycles. The van der Waals surface area contributed by atoms with Gasteiger partial charge in [0.2, 0.25) is 0 Å². The Balaban J connectivity index is 2.87. The lowest BCUT2D eigenvalue weighted by Crippen LogP contribution is -2.32. The van der Waals surface area contributed by atoms with Crippen molar-refractivity contribution in [3.63, 3.8) is 0 Å². The molecule has 1 atom stereocenters. The van der Waals surface area contributed by atoms with Crippen molar-refractivity contribution in [2.75, 3.05) is 11.4 Å². The summed E-state index contributed by atoms with van der Waals surface area (Å²) < 4.78 is 5.14. The zero-order valence-corrected chi connectivity index (χ0v) is 9.23. The van der Waals surface area contributed by atoms with Gasteiger partial charge < -0.3 is 14.4 Å². The van der Waals surface area contributed by atoms with Crippen molar-refractivity contribution in [3.8, 4) is 0 Å². The molecule has 0 amide bonds. The van der Waals surface area contributed by atoms with E-state index in [-0.39, 0.29) is 11.7 Å². The summed E-state index contributed by atoms with van der Waals surface area (Å²) in [5, 5.41) is 8.71. The Morgan fingerprint density at radius 1 is 1.67 bits per heavy atom. The molecular weight excluding hydrogens is 196 g/mol. The maximum atomic E-state index is 10.6. The quantitative estimate of drug-likeness (QED) is 0.808. The molecule has 15 heavy (non-hydrogen) atoms. The zero-order chi connectivity index (χ0) is 11.4. The number of anilines is 1. The molecule has 1 rings (SSSR count). The SMILES string of the molecule is CCC(C)N(CC)c1nc(C(=O)O)co1. The van der Waals surface area contributed by atoms with Gasteiger partial charge in [-0.1, -0.05) is 6.92 Å². The van der Waals surface area contributed by atoms with Gasteiger partial charge in [0.25, 0.3) is 6.01 Å². The summed E-state index contributed by atoms with van der Waals surface area (Å²) in [7, 11) is 0. The molecule has 1 aromatic rings. The minimum absolute atomic E-state index is 0.0493. The number of aromatic carboxylic acids is 1. The third-order valence-corrected chi connectivity index (χ3v) is 2.42. The number of hydrogen-bond acceptors (Lipinski definition) is 4. The number of carboxylic acids is 1. The van der Waals surface area contributed by atoms with Crippen molar-refractivity contribution >= 4 is 12.0 Å². The first-order valence-corrected chi connectivity index (χ1v) is 5.05. The van der Waals surface area contributed by atoms with E-state index in [1.807, 2.05) is 18.7 Å². The van der Waals surface area contributed by atoms with Gasteiger partial charge in [-0.3, -0.25) is 0 Å². The van der Waals surface area contributed by atoms with E-state index >= 15 is 0 Å². The first kappa shape index (κ1) is 11.6. The molecule has 0 fully saturated rings. The monoisotopic (exact) mass is 212 g/mol. The molecule has 0 aliphatic rings. The number of nitrogens with zero attached hydrogens (tertiary/aromatic N) is 2. The number of carboxylic acid groups (broad SMARTS) is 1. The predicted molar refractivity (Wildman–Crippen MR) is 56.2 cm³/mol. The second-order valence-electron chi connectivity index (χ2n) is 3.36. The van der Waals surface area contributed by atoms with Crippen LogP contribution in [0.3, 0.4) is 0 Å². The topological polar surface area (TPSA) is 66.6 Å². The van der Waals surface area contributed by atoms with Crippen LogP contribution in [0.2, 0.25) is 0 Å². The molecule has 5 nitrogen and oxygen atoms in total. The van der Waals surface area contributed by atoms with Crippen LogP contribution in [0.5, 0.6) is 0 Å². The number of hydrogen-bond donors (Lipinski definition) is 1. The molecule has 0 bridgehead atoms. The van der Waals surface area contributed by atoms with Gasteiger partial charge in [-0.25, -0.2) is 4.79 Å². The van der Waals surface area contributed by atoms with Crippen LogP contribution in [0, 0.1) is 0 Å². The fourth-order valence-corrected chi connectivity index (χ4v) is 1.35. The van der Waals surface area contributed by atoms with Gasteiger partial charge in [-0.05, 0) is 20.3 Å². The van der Waals surface area contributed by atoms with Gasteiger partial charge in [0.05, 0.1) is 0 Å². The third kappa shape index (κ3) is 2.49. The molecule has 0 radical (unpaired) electrons. The minimum atomic E-state index is -1.06. The van der Waals surface area contributed by atoms with Crippen LogP contribution in [-0.4, -0.2) is 28.6 Å². The Labute approximate surface area is 88.7 Å². The molecule has 0 aromatic carbocycles. The minimum Gasteiger partial charge on any atom is -0.476 e. The Morgan fingerprint density at radius 3 is 2.73 bits per heavy atom. The standard InChI is InChI=1S/C10H16N2O3/c1-4-7(3)12(5-2)10-11-8(6-15-10)9(13)14/h6-7H,4-5H2,1-3H3,(H,13,14). The largest absolute Gasteiger partial charge is 0.476 e. The Hall–Kier alpha value is -1.52. The fourth-order valence-electron chi connectivity index (χ4n) is 1.35. The van der Waals surface area contributed by atoms with Crippen LogP contribution in [0.25, 0.3) is 0 Å². The van der Waals surface area contributed by atoms with Gasteiger partial charge in [0.15, 0.2) is 5.69 Å². The maximum Gasteiger partial charge on any atom is 0.357 e. The normalized spacial score (nSPS) is 12.5. The molecular formula is C10H16N2O3. The van der Waals surface area contributed by atoms with Crippen molar-refractivity contribution in [2.45, 2.75) is 33.2 Å². The summed E-state index contributed by atoms with van der Waals surface area (Å²) in [6, 6.07) is 0.666. The number of rotatable bonds is 5. The van der Waals surface area contributed by atoms with Crippen LogP contribution in [0.4, 0.5) is 6.01 Å². The van der Waals surface area contributed by atoms with Crippen LogP contribution in [0.1, 0.15) is 37.7 Å². The van der Waals surface area contributed by atoms with Crippen LogP contribution in [-0.2, 0) is 0 Å². The summed E-state index contributed by atoms with van der Waals surface area (Å²) in [6.45, 7) is 6.84. The average molecular weight is 212 g/mol. The Kier molecular flexibility index (Phi) is 3.71. The number of aromatic nitrogens is 1. The number of carbonyl (C=O) groups is 1. The molecule has 0 spiro atoms. The van der Waals surface area contributed by atoms with E-state index in [0.717, 1.165) is 13.0 Å². The maximum absolute atomic E-state index is 10.6. The van der Waals surface area contributed by atoms with Gasteiger partial charge >= 0.3 is 5.97 Å². The van der Waals surface area contributed by atoms with E-state index in [9.17, 15) is 4.79 Å². The Bertz CT molecular complexity index is 335. The van der Waals surface area contributed by atoms with Crippen molar-refractivity contribution in [3.05, 3.63) is 12.0 Å². The highest BCUT2D eigenvalue weighted by atomic mass is 16.4. The van der Waals surface area contributed by atoms with Gasteiger partial charge in [-0.2, -0.15) is 4.98 Å². The molecule has 1 N–H and O–H groups in total. The lowest BCUT2D eigenvalue weighted by atomic mass is 10.2. The summed E-state index contributed by atoms with van der Waals surface area (Å²) in [5.74, 6) is -1.06. The highest BCUT2D eigenvalue weighted by molar-refractivity contribution is 5.85. The average Bonchev–Trinajstić information content (AvgIpc) is 2.68. The fraction of sp³-hybridized carbons (Fsp3) is 0.600. The molecule has 0 saturated heterocycles. The molecule has 1 unspecified atom stereocenters. The highest BCUT2D eigenvalue weighted by Crippen LogP contribution is 2.17. The van der Waals surface area contributed by atoms with E-state index in [1.165, 1.54) is 6.26 Å². The lowest BCUT2D eigenvalue weighted by Gasteiger charge is -2.24. The van der Waals surface area contributed by atoms with Gasteiger partial charge in [0, 0.05) is 12.6 Å². The molecule has 1 aromatic heterocycles. The molecule has 1 heterocycles. The van der Waals surface area contributed by atoms with Crippen LogP contribution >= 0.6 is 0 Å². The molecule has 0 saturated carbocycles. The lowest BCUT2D eigenvalue weighted by molar-refractivity contribution is 0.0690. The van der Waals surface area contributed by atoms with E-state index in [1.54, 1.807) is 0 Å². The van der Waals surface area contributed by atoms with E-state index in [2.05, 4.69) is 11.9 Å². The van der Waals surface area contributed by atoms with E-state index in [4.69, 9.17) is 9.52 Å². The first-order valence-electron chi connectivity index (χ1n) is 5.05. The summed E-state index contributed by atoms with van der Waals surface area (Å²) >= 11 is 0. The predicted octanol–water partition coefficient (Wildman–Crippen LogP) is 2.00. The Morgan fingerprint density at radius 2 is 2.33 bits per heavy atom. The van der Waals surface area contributed by atoms with E-state index < -0.39 is 5.97 Å². The summed E-state index contributed by atoms with van der Waals surface area (Å²) in [4.78, 5) is 16.5. The summed E-state index contributed by atoms with van der Waals surface area (Å²) in [6.07, 6.45) is 2.13. The van der Waals surface area contributed by atoms with Crippen molar-refractivity contribution in [2.24, 2.45) is 0 Å². The number of oxazole rings is 1. The highest BCUT2D eigenvalue weighted by Gasteiger charge is 2.18. The van der Waals surface area contributed by atoms with Gasteiger partial charge in [-0.15, -0.1) is 0 Å². The van der Waals surface area contributed by atoms with Crippen molar-refractivity contribution < 1.29 is 14.3 Å². The van der Waals surface area contributed by atoms with E-state index in [0.29, 0.717) is 6.01 Å². The second-order valence-corrected chi connectivity index (χ2v) is 3.36. The first-order chi connectivity index (χ1) is 7.10. The molecule has 84 valence electrons. The van der Waals surface area contributed by atoms with Gasteiger partial charge in [0.1, 0.15) is 6.26 Å². The molecule has 5 heteroatoms. The van der Waals surface area contributed by atoms with Crippen molar-refractivity contribution in [1.29, 1.82) is 0 Å². The van der Waals surface area contributed by atoms with Crippen LogP contribution < -0.4 is 4.90 Å². The van der Waals surface area contributed by atoms with Crippen LogP contribution in [0.15, 0.2) is 10.7 Å². The smallest absolute Gasteiger partial charge is 0.357 e. The zero-order valence-electron chi connectivity index (χ0n) is 9.23. The second kappa shape index (κ2) is 4.82. The third-order valence-electron chi connectivity index (χ3n) is 2.42. The van der Waals surface area contributed by atoms with Crippen molar-refractivity contribution in [1.82, 2.24) is 4.98 Å². The summed E-state index contributed by atoms with van der Waals surface area (Å²) in [5.41, 5.74) is -0.0493. The molecule has 0 aliphatic heterocycles.